The van der Waals surface area contributed by atoms with Crippen molar-refractivity contribution in [3.63, 3.8) is 0 Å². The second-order valence-corrected chi connectivity index (χ2v) is 17.9. The van der Waals surface area contributed by atoms with Gasteiger partial charge >= 0.3 is 0 Å². The summed E-state index contributed by atoms with van der Waals surface area (Å²) < 4.78 is 14.3. The van der Waals surface area contributed by atoms with Gasteiger partial charge in [-0.25, -0.2) is 0 Å². The van der Waals surface area contributed by atoms with E-state index in [4.69, 9.17) is 8.85 Å². The number of benzene rings is 2. The van der Waals surface area contributed by atoms with Gasteiger partial charge in [-0.2, -0.15) is 0 Å². The summed E-state index contributed by atoms with van der Waals surface area (Å²) in [5, 5.41) is 2.29. The third-order valence-corrected chi connectivity index (χ3v) is 5.68. The van der Waals surface area contributed by atoms with Crippen molar-refractivity contribution in [1.29, 1.82) is 0 Å². The van der Waals surface area contributed by atoms with Gasteiger partial charge in [-0.1, -0.05) is 0 Å². The zero-order valence-electron chi connectivity index (χ0n) is 13.9. The lowest BCUT2D eigenvalue weighted by molar-refractivity contribution is 0.553. The van der Waals surface area contributed by atoms with Crippen LogP contribution in [-0.2, 0) is 0 Å². The molecule has 0 atom stereocenters. The molecule has 0 bridgehead atoms. The number of hydrogen-bond donors (Lipinski definition) is 0. The minimum absolute atomic E-state index is 0.910. The van der Waals surface area contributed by atoms with Crippen molar-refractivity contribution in [2.24, 2.45) is 0 Å². The third kappa shape index (κ3) is 4.84. The van der Waals surface area contributed by atoms with E-state index in [1.54, 1.807) is 0 Å². The topological polar surface area (TPSA) is 18.5 Å². The monoisotopic (exact) mass is 460 g/mol. The molecule has 0 N–H and O–H groups in total. The van der Waals surface area contributed by atoms with Gasteiger partial charge in [0.1, 0.15) is 11.5 Å². The standard InChI is InChI=1S/C16H22Br2O2Si2/c1-21(2,3)19-15-9-12-10-16(20-22(4,5)6)14(18)8-11(12)7-13(15)17/h7-10H,1-6H3. The summed E-state index contributed by atoms with van der Waals surface area (Å²) in [6.07, 6.45) is 0. The predicted molar refractivity (Wildman–Crippen MR) is 107 cm³/mol. The number of fused-ring (bicyclic) bond motifs is 1. The first kappa shape index (κ1) is 18.0. The maximum atomic E-state index is 6.16. The van der Waals surface area contributed by atoms with Crippen LogP contribution in [0.1, 0.15) is 0 Å². The molecule has 2 aromatic carbocycles. The largest absolute Gasteiger partial charge is 0.544 e. The van der Waals surface area contributed by atoms with Gasteiger partial charge in [-0.15, -0.1) is 0 Å². The highest BCUT2D eigenvalue weighted by atomic mass is 79.9. The molecule has 0 radical (unpaired) electrons. The number of halogens is 2. The molecule has 0 saturated heterocycles. The van der Waals surface area contributed by atoms with E-state index in [1.807, 2.05) is 0 Å². The van der Waals surface area contributed by atoms with Crippen LogP contribution in [-0.4, -0.2) is 16.6 Å². The fourth-order valence-electron chi connectivity index (χ4n) is 2.07. The summed E-state index contributed by atoms with van der Waals surface area (Å²) in [6.45, 7) is 13.1. The smallest absolute Gasteiger partial charge is 0.242 e. The minimum atomic E-state index is -1.64. The van der Waals surface area contributed by atoms with Crippen molar-refractivity contribution in [3.8, 4) is 11.5 Å². The Labute approximate surface area is 151 Å². The molecule has 0 aliphatic rings. The zero-order valence-corrected chi connectivity index (χ0v) is 19.1. The fourth-order valence-corrected chi connectivity index (χ4v) is 4.91. The van der Waals surface area contributed by atoms with Gasteiger partial charge in [0.05, 0.1) is 8.95 Å². The molecule has 120 valence electrons. The molecular formula is C16H22Br2O2Si2. The average Bonchev–Trinajstić information content (AvgIpc) is 2.29. The summed E-state index contributed by atoms with van der Waals surface area (Å²) in [5.41, 5.74) is 0. The average molecular weight is 462 g/mol. The van der Waals surface area contributed by atoms with Crippen LogP contribution >= 0.6 is 31.9 Å². The summed E-state index contributed by atoms with van der Waals surface area (Å²) >= 11 is 7.24. The van der Waals surface area contributed by atoms with Crippen molar-refractivity contribution in [3.05, 3.63) is 33.2 Å². The van der Waals surface area contributed by atoms with Crippen LogP contribution in [0.5, 0.6) is 11.5 Å². The molecule has 0 heterocycles. The molecule has 2 rings (SSSR count). The molecule has 0 aliphatic heterocycles. The summed E-state index contributed by atoms with van der Waals surface area (Å²) in [7, 11) is -3.29. The van der Waals surface area contributed by atoms with Crippen LogP contribution in [0.2, 0.25) is 39.3 Å². The van der Waals surface area contributed by atoms with Gasteiger partial charge < -0.3 is 8.85 Å². The van der Waals surface area contributed by atoms with Crippen LogP contribution < -0.4 is 8.85 Å². The normalized spacial score (nSPS) is 12.5. The molecule has 22 heavy (non-hydrogen) atoms. The molecule has 0 fully saturated rings. The SMILES string of the molecule is C[Si](C)(C)Oc1cc2cc(O[Si](C)(C)C)c(Br)cc2cc1Br. The zero-order chi connectivity index (χ0) is 16.7. The maximum Gasteiger partial charge on any atom is 0.242 e. The van der Waals surface area contributed by atoms with Gasteiger partial charge in [0, 0.05) is 0 Å². The Morgan fingerprint density at radius 1 is 0.636 bits per heavy atom. The molecule has 0 aliphatic carbocycles. The second-order valence-electron chi connectivity index (χ2n) is 7.34. The Bertz CT molecular complexity index is 647. The van der Waals surface area contributed by atoms with E-state index in [0.29, 0.717) is 0 Å². The molecule has 0 amide bonds. The minimum Gasteiger partial charge on any atom is -0.544 e. The summed E-state index contributed by atoms with van der Waals surface area (Å²) in [5.74, 6) is 1.82. The lowest BCUT2D eigenvalue weighted by Crippen LogP contribution is -2.29. The molecule has 0 spiro atoms. The molecule has 2 aromatic rings. The number of hydrogen-bond acceptors (Lipinski definition) is 2. The highest BCUT2D eigenvalue weighted by Gasteiger charge is 2.20. The summed E-state index contributed by atoms with van der Waals surface area (Å²) in [4.78, 5) is 0. The predicted octanol–water partition coefficient (Wildman–Crippen LogP) is 6.79. The first-order valence-corrected chi connectivity index (χ1v) is 15.7. The molecule has 0 unspecified atom stereocenters. The first-order chi connectivity index (χ1) is 9.94. The van der Waals surface area contributed by atoms with E-state index in [-0.39, 0.29) is 0 Å². The van der Waals surface area contributed by atoms with E-state index in [1.165, 1.54) is 0 Å². The van der Waals surface area contributed by atoms with E-state index in [2.05, 4.69) is 95.4 Å². The lowest BCUT2D eigenvalue weighted by Gasteiger charge is -2.22. The van der Waals surface area contributed by atoms with Crippen molar-refractivity contribution in [1.82, 2.24) is 0 Å². The Hall–Kier alpha value is -0.306. The Morgan fingerprint density at radius 3 is 1.27 bits per heavy atom. The second kappa shape index (κ2) is 6.30. The van der Waals surface area contributed by atoms with Crippen LogP contribution in [0.25, 0.3) is 10.8 Å². The molecule has 6 heteroatoms. The Kier molecular flexibility index (Phi) is 5.17. The van der Waals surface area contributed by atoms with Gasteiger partial charge in [0.2, 0.25) is 16.6 Å². The van der Waals surface area contributed by atoms with E-state index in [0.717, 1.165) is 31.2 Å². The van der Waals surface area contributed by atoms with Gasteiger partial charge in [0.25, 0.3) is 0 Å². The maximum absolute atomic E-state index is 6.16. The number of rotatable bonds is 4. The van der Waals surface area contributed by atoms with Crippen LogP contribution in [0, 0.1) is 0 Å². The van der Waals surface area contributed by atoms with E-state index in [9.17, 15) is 0 Å². The molecule has 0 aromatic heterocycles. The molecule has 2 nitrogen and oxygen atoms in total. The van der Waals surface area contributed by atoms with Crippen molar-refractivity contribution in [2.45, 2.75) is 39.3 Å². The Morgan fingerprint density at radius 2 is 0.955 bits per heavy atom. The molecule has 0 saturated carbocycles. The van der Waals surface area contributed by atoms with E-state index < -0.39 is 16.6 Å². The quantitative estimate of drug-likeness (QED) is 0.466. The highest BCUT2D eigenvalue weighted by molar-refractivity contribution is 9.11. The Balaban J connectivity index is 2.52. The lowest BCUT2D eigenvalue weighted by atomic mass is 10.1. The van der Waals surface area contributed by atoms with Crippen LogP contribution in [0.15, 0.2) is 33.2 Å². The van der Waals surface area contributed by atoms with Gasteiger partial charge in [0.15, 0.2) is 0 Å². The van der Waals surface area contributed by atoms with Crippen molar-refractivity contribution < 1.29 is 8.85 Å². The fraction of sp³-hybridized carbons (Fsp3) is 0.375. The third-order valence-electron chi connectivity index (χ3n) is 2.77. The van der Waals surface area contributed by atoms with Crippen LogP contribution in [0.4, 0.5) is 0 Å². The van der Waals surface area contributed by atoms with Gasteiger partial charge in [-0.3, -0.25) is 0 Å². The van der Waals surface area contributed by atoms with Crippen LogP contribution in [0.3, 0.4) is 0 Å². The molecular weight excluding hydrogens is 440 g/mol. The summed E-state index contributed by atoms with van der Waals surface area (Å²) in [6, 6.07) is 8.41. The van der Waals surface area contributed by atoms with E-state index >= 15 is 0 Å². The highest BCUT2D eigenvalue weighted by Crippen LogP contribution is 2.37. The van der Waals surface area contributed by atoms with Crippen molar-refractivity contribution >= 4 is 59.3 Å². The van der Waals surface area contributed by atoms with Gasteiger partial charge in [-0.05, 0) is 106 Å². The first-order valence-electron chi connectivity index (χ1n) is 7.25. The van der Waals surface area contributed by atoms with Crippen molar-refractivity contribution in [2.75, 3.05) is 0 Å².